The Bertz CT molecular complexity index is 1890. The minimum absolute atomic E-state index is 0.131. The second-order valence-electron chi connectivity index (χ2n) is 10.2. The van der Waals surface area contributed by atoms with E-state index < -0.39 is 81.1 Å². The van der Waals surface area contributed by atoms with Crippen LogP contribution in [0.2, 0.25) is 0 Å². The van der Waals surface area contributed by atoms with Gasteiger partial charge >= 0.3 is 17.2 Å². The number of nitrogens with one attached hydrogen (secondary N) is 1. The first-order chi connectivity index (χ1) is 21.3. The first-order valence-corrected chi connectivity index (χ1v) is 14.9. The molecule has 15 heteroatoms. The summed E-state index contributed by atoms with van der Waals surface area (Å²) in [5, 5.41) is 1.06. The van der Waals surface area contributed by atoms with Crippen LogP contribution in [0, 0.1) is 5.92 Å². The van der Waals surface area contributed by atoms with Crippen molar-refractivity contribution in [1.29, 1.82) is 0 Å². The Kier molecular flexibility index (Phi) is 7.64. The van der Waals surface area contributed by atoms with Crippen LogP contribution in [-0.2, 0) is 33.3 Å². The summed E-state index contributed by atoms with van der Waals surface area (Å²) in [4.78, 5) is 54.1. The minimum Gasteiger partial charge on any atom is -0.324 e. The topological polar surface area (TPSA) is 88.5 Å². The van der Waals surface area contributed by atoms with Gasteiger partial charge in [0, 0.05) is 10.8 Å². The summed E-state index contributed by atoms with van der Waals surface area (Å²) in [6.45, 7) is -0.717. The van der Waals surface area contributed by atoms with E-state index in [0.29, 0.717) is 26.7 Å². The lowest BCUT2D eigenvalue weighted by Crippen LogP contribution is -2.33. The first kappa shape index (κ1) is 30.6. The highest BCUT2D eigenvalue weighted by molar-refractivity contribution is 8.00. The molecule has 0 radical (unpaired) electrons. The van der Waals surface area contributed by atoms with E-state index in [-0.39, 0.29) is 5.03 Å². The van der Waals surface area contributed by atoms with Gasteiger partial charge in [-0.1, -0.05) is 77.7 Å². The van der Waals surface area contributed by atoms with E-state index >= 15 is 0 Å². The smallest absolute Gasteiger partial charge is 0.324 e. The molecular formula is C30H19F6N3O4S2. The van der Waals surface area contributed by atoms with Gasteiger partial charge in [0.1, 0.15) is 11.8 Å². The number of nitrogens with zero attached hydrogens (tertiary/aromatic N) is 2. The molecular weight excluding hydrogens is 644 g/mol. The van der Waals surface area contributed by atoms with Gasteiger partial charge in [0.25, 0.3) is 0 Å². The molecule has 3 aromatic carbocycles. The molecule has 0 unspecified atom stereocenters. The van der Waals surface area contributed by atoms with Crippen LogP contribution >= 0.6 is 23.1 Å². The highest BCUT2D eigenvalue weighted by Gasteiger charge is 2.57. The largest absolute Gasteiger partial charge is 0.418 e. The third kappa shape index (κ3) is 5.43. The second-order valence-corrected chi connectivity index (χ2v) is 12.3. The second kappa shape index (κ2) is 11.2. The maximum atomic E-state index is 13.9. The minimum atomic E-state index is -4.87. The number of halogens is 6. The Balaban J connectivity index is 1.41. The summed E-state index contributed by atoms with van der Waals surface area (Å²) in [5.41, 5.74) is -2.89. The van der Waals surface area contributed by atoms with Crippen molar-refractivity contribution in [3.8, 4) is 0 Å². The number of rotatable bonds is 5. The van der Waals surface area contributed by atoms with E-state index in [4.69, 9.17) is 0 Å². The zero-order chi connectivity index (χ0) is 32.3. The molecule has 3 atom stereocenters. The third-order valence-electron chi connectivity index (χ3n) is 7.47. The van der Waals surface area contributed by atoms with E-state index in [1.54, 1.807) is 30.3 Å². The van der Waals surface area contributed by atoms with Crippen molar-refractivity contribution in [1.82, 2.24) is 4.57 Å². The number of thiazole rings is 1. The van der Waals surface area contributed by atoms with Gasteiger partial charge in [0.2, 0.25) is 17.7 Å². The summed E-state index contributed by atoms with van der Waals surface area (Å²) in [6, 6.07) is 16.9. The standard InChI is InChI=1S/C30H19F6N3O4S2/c31-29(32,33)16-10-4-6-12-18(16)37-20(40)14-38-27-24(45-28(38)43)21(15-8-2-1-3-9-15)22-23(44-27)26(42)39(25(22)41)19-13-7-5-11-17(19)30(34,35)36/h1-13,21-23H,14H2,(H,37,40)/t21-,22-,23+/m0/s1. The van der Waals surface area contributed by atoms with Crippen molar-refractivity contribution in [2.75, 3.05) is 10.2 Å². The molecule has 2 aliphatic rings. The predicted molar refractivity (Wildman–Crippen MR) is 154 cm³/mol. The number of para-hydroxylation sites is 2. The molecule has 3 amide bonds. The molecule has 1 saturated heterocycles. The van der Waals surface area contributed by atoms with Gasteiger partial charge in [0.05, 0.1) is 33.4 Å². The summed E-state index contributed by atoms with van der Waals surface area (Å²) in [7, 11) is 0. The summed E-state index contributed by atoms with van der Waals surface area (Å²) < 4.78 is 83.1. The lowest BCUT2D eigenvalue weighted by molar-refractivity contribution is -0.138. The average Bonchev–Trinajstić information content (AvgIpc) is 3.43. The Morgan fingerprint density at radius 3 is 2.04 bits per heavy atom. The van der Waals surface area contributed by atoms with Crippen LogP contribution in [0.5, 0.6) is 0 Å². The molecule has 1 aromatic heterocycles. The van der Waals surface area contributed by atoms with Crippen LogP contribution < -0.4 is 15.1 Å². The Labute approximate surface area is 258 Å². The molecule has 4 aromatic rings. The van der Waals surface area contributed by atoms with Crippen LogP contribution in [-0.4, -0.2) is 27.5 Å². The maximum absolute atomic E-state index is 13.9. The Morgan fingerprint density at radius 1 is 0.778 bits per heavy atom. The summed E-state index contributed by atoms with van der Waals surface area (Å²) in [5.74, 6) is -4.87. The molecule has 2 aliphatic heterocycles. The van der Waals surface area contributed by atoms with Crippen LogP contribution in [0.3, 0.4) is 0 Å². The molecule has 0 bridgehead atoms. The number of amides is 3. The van der Waals surface area contributed by atoms with Gasteiger partial charge in [-0.15, -0.1) is 0 Å². The lowest BCUT2D eigenvalue weighted by atomic mass is 9.83. The van der Waals surface area contributed by atoms with Crippen molar-refractivity contribution in [2.24, 2.45) is 5.92 Å². The van der Waals surface area contributed by atoms with Gasteiger partial charge in [0.15, 0.2) is 0 Å². The third-order valence-corrected chi connectivity index (χ3v) is 10.1. The van der Waals surface area contributed by atoms with Gasteiger partial charge in [-0.3, -0.25) is 23.7 Å². The maximum Gasteiger partial charge on any atom is 0.418 e. The van der Waals surface area contributed by atoms with Crippen molar-refractivity contribution in [3.05, 3.63) is 110 Å². The Hall–Kier alpha value is -4.37. The normalized spacial score (nSPS) is 19.8. The lowest BCUT2D eigenvalue weighted by Gasteiger charge is -2.30. The zero-order valence-corrected chi connectivity index (χ0v) is 24.2. The van der Waals surface area contributed by atoms with Crippen LogP contribution in [0.15, 0.2) is 88.7 Å². The summed E-state index contributed by atoms with van der Waals surface area (Å²) in [6.07, 6.45) is -9.63. The number of aromatic nitrogens is 1. The predicted octanol–water partition coefficient (Wildman–Crippen LogP) is 6.38. The van der Waals surface area contributed by atoms with Crippen LogP contribution in [0.25, 0.3) is 0 Å². The van der Waals surface area contributed by atoms with Gasteiger partial charge in [-0.2, -0.15) is 26.3 Å². The van der Waals surface area contributed by atoms with E-state index in [1.807, 2.05) is 0 Å². The van der Waals surface area contributed by atoms with E-state index in [0.717, 1.165) is 52.7 Å². The average molecular weight is 664 g/mol. The number of benzene rings is 3. The van der Waals surface area contributed by atoms with Crippen molar-refractivity contribution >= 4 is 52.2 Å². The van der Waals surface area contributed by atoms with E-state index in [9.17, 15) is 45.5 Å². The number of carbonyl (C=O) groups is 3. The number of hydrogen-bond donors (Lipinski definition) is 1. The van der Waals surface area contributed by atoms with Crippen molar-refractivity contribution in [2.45, 2.75) is 35.1 Å². The molecule has 0 spiro atoms. The highest BCUT2D eigenvalue weighted by Crippen LogP contribution is 2.54. The number of thioether (sulfide) groups is 1. The van der Waals surface area contributed by atoms with Gasteiger partial charge < -0.3 is 5.32 Å². The fraction of sp³-hybridized carbons (Fsp3) is 0.200. The van der Waals surface area contributed by atoms with Crippen molar-refractivity contribution < 1.29 is 40.7 Å². The van der Waals surface area contributed by atoms with Gasteiger partial charge in [-0.05, 0) is 29.8 Å². The molecule has 6 rings (SSSR count). The molecule has 1 fully saturated rings. The Morgan fingerprint density at radius 2 is 1.38 bits per heavy atom. The number of imide groups is 1. The molecule has 7 nitrogen and oxygen atoms in total. The number of alkyl halides is 6. The molecule has 232 valence electrons. The number of carbonyl (C=O) groups excluding carboxylic acids is 3. The van der Waals surface area contributed by atoms with E-state index in [2.05, 4.69) is 5.32 Å². The monoisotopic (exact) mass is 663 g/mol. The summed E-state index contributed by atoms with van der Waals surface area (Å²) >= 11 is 1.47. The molecule has 0 saturated carbocycles. The first-order valence-electron chi connectivity index (χ1n) is 13.2. The molecule has 1 N–H and O–H groups in total. The highest BCUT2D eigenvalue weighted by atomic mass is 32.2. The van der Waals surface area contributed by atoms with Crippen LogP contribution in [0.1, 0.15) is 27.5 Å². The van der Waals surface area contributed by atoms with Gasteiger partial charge in [-0.25, -0.2) is 4.90 Å². The number of hydrogen-bond acceptors (Lipinski definition) is 6. The molecule has 45 heavy (non-hydrogen) atoms. The van der Waals surface area contributed by atoms with Crippen molar-refractivity contribution in [3.63, 3.8) is 0 Å². The fourth-order valence-electron chi connectivity index (χ4n) is 5.59. The number of anilines is 2. The molecule has 0 aliphatic carbocycles. The molecule has 3 heterocycles. The SMILES string of the molecule is O=C(Cn1c2c(sc1=O)[C@@H](c1ccccc1)[C@@H]1C(=O)N(c3ccccc3C(F)(F)F)C(=O)[C@@H]1S2)Nc1ccccc1C(F)(F)F. The quantitative estimate of drug-likeness (QED) is 0.198. The number of fused-ring (bicyclic) bond motifs is 2. The fourth-order valence-corrected chi connectivity index (χ4v) is 8.37. The van der Waals surface area contributed by atoms with E-state index in [1.165, 1.54) is 12.1 Å². The van der Waals surface area contributed by atoms with Crippen LogP contribution in [0.4, 0.5) is 37.7 Å². The zero-order valence-electron chi connectivity index (χ0n) is 22.6.